The summed E-state index contributed by atoms with van der Waals surface area (Å²) in [6, 6.07) is 0. The molecule has 0 bridgehead atoms. The van der Waals surface area contributed by atoms with Gasteiger partial charge in [0.25, 0.3) is 6.29 Å². The maximum absolute atomic E-state index is 9.20. The molecule has 0 saturated heterocycles. The maximum atomic E-state index is 9.20. The van der Waals surface area contributed by atoms with E-state index >= 15 is 0 Å². The number of hydrogen-bond donors (Lipinski definition) is 3. The minimum atomic E-state index is -2.23. The molecule has 0 amide bonds. The Morgan fingerprint density at radius 3 is 1.57 bits per heavy atom. The zero-order valence-corrected chi connectivity index (χ0v) is 5.79. The minimum absolute atomic E-state index is 0. The average Bonchev–Trinajstić information content (AvgIpc) is 1.36. The van der Waals surface area contributed by atoms with Gasteiger partial charge in [0.2, 0.25) is 0 Å². The Kier molecular flexibility index (Phi) is 6.52. The fourth-order valence-corrected chi connectivity index (χ4v) is 0. The van der Waals surface area contributed by atoms with Crippen LogP contribution in [-0.4, -0.2) is 27.6 Å². The number of rotatable bonds is 1. The van der Waals surface area contributed by atoms with Crippen LogP contribution in [0.15, 0.2) is 0 Å². The first-order valence-corrected chi connectivity index (χ1v) is 1.23. The summed E-state index contributed by atoms with van der Waals surface area (Å²) in [5.74, 6) is -1.63. The topological polar surface area (TPSA) is 77.8 Å². The normalized spacial score (nSPS) is 7.86. The Morgan fingerprint density at radius 1 is 1.43 bits per heavy atom. The molecule has 0 aliphatic carbocycles. The van der Waals surface area contributed by atoms with Crippen LogP contribution >= 0.6 is 0 Å². The summed E-state index contributed by atoms with van der Waals surface area (Å²) in [4.78, 5) is 9.20. The van der Waals surface area contributed by atoms with Crippen molar-refractivity contribution in [3.8, 4) is 0 Å². The molecular formula is C2H4O4Zr. The van der Waals surface area contributed by atoms with Crippen LogP contribution < -0.4 is 0 Å². The second-order valence-corrected chi connectivity index (χ2v) is 0.712. The van der Waals surface area contributed by atoms with Gasteiger partial charge >= 0.3 is 5.97 Å². The third-order valence-corrected chi connectivity index (χ3v) is 0.221. The largest absolute Gasteiger partial charge is 0.477 e. The quantitative estimate of drug-likeness (QED) is 0.427. The first-order chi connectivity index (χ1) is 2.64. The van der Waals surface area contributed by atoms with E-state index in [4.69, 9.17) is 15.3 Å². The van der Waals surface area contributed by atoms with Crippen LogP contribution in [-0.2, 0) is 31.0 Å². The van der Waals surface area contributed by atoms with Gasteiger partial charge in [-0.1, -0.05) is 0 Å². The predicted octanol–water partition coefficient (Wildman–Crippen LogP) is -1.62. The van der Waals surface area contributed by atoms with Crippen molar-refractivity contribution in [3.05, 3.63) is 0 Å². The molecule has 0 saturated carbocycles. The van der Waals surface area contributed by atoms with Crippen LogP contribution in [0.4, 0.5) is 0 Å². The number of aliphatic hydroxyl groups is 2. The summed E-state index contributed by atoms with van der Waals surface area (Å²) in [7, 11) is 0. The van der Waals surface area contributed by atoms with E-state index in [0.29, 0.717) is 0 Å². The SMILES string of the molecule is O=C(O)C(O)O.[Zr]. The van der Waals surface area contributed by atoms with Crippen LogP contribution in [0.25, 0.3) is 0 Å². The first-order valence-electron chi connectivity index (χ1n) is 1.23. The fraction of sp³-hybridized carbons (Fsp3) is 0.500. The molecule has 0 heterocycles. The van der Waals surface area contributed by atoms with Gasteiger partial charge < -0.3 is 15.3 Å². The van der Waals surface area contributed by atoms with Crippen LogP contribution in [0.5, 0.6) is 0 Å². The molecule has 3 N–H and O–H groups in total. The molecule has 5 heteroatoms. The summed E-state index contributed by atoms with van der Waals surface area (Å²) in [6.45, 7) is 0. The zero-order chi connectivity index (χ0) is 5.15. The molecule has 0 unspecified atom stereocenters. The molecule has 0 aliphatic heterocycles. The smallest absolute Gasteiger partial charge is 0.360 e. The average molecular weight is 183 g/mol. The van der Waals surface area contributed by atoms with Gasteiger partial charge in [-0.25, -0.2) is 4.79 Å². The second kappa shape index (κ2) is 4.43. The van der Waals surface area contributed by atoms with Gasteiger partial charge in [0.05, 0.1) is 0 Å². The van der Waals surface area contributed by atoms with Crippen molar-refractivity contribution in [2.45, 2.75) is 6.29 Å². The predicted molar refractivity (Wildman–Crippen MR) is 15.9 cm³/mol. The van der Waals surface area contributed by atoms with Crippen LogP contribution in [0.3, 0.4) is 0 Å². The molecule has 7 heavy (non-hydrogen) atoms. The number of aliphatic carboxylic acids is 1. The van der Waals surface area contributed by atoms with E-state index in [2.05, 4.69) is 0 Å². The second-order valence-electron chi connectivity index (χ2n) is 0.712. The van der Waals surface area contributed by atoms with Gasteiger partial charge in [-0.05, 0) is 0 Å². The van der Waals surface area contributed by atoms with Gasteiger partial charge in [-0.15, -0.1) is 0 Å². The molecule has 0 aromatic carbocycles. The van der Waals surface area contributed by atoms with Crippen LogP contribution in [0.2, 0.25) is 0 Å². The van der Waals surface area contributed by atoms with E-state index in [9.17, 15) is 4.79 Å². The van der Waals surface area contributed by atoms with Crippen molar-refractivity contribution in [1.82, 2.24) is 0 Å². The number of carbonyl (C=O) groups is 1. The summed E-state index contributed by atoms with van der Waals surface area (Å²) >= 11 is 0. The molecule has 0 fully saturated rings. The van der Waals surface area contributed by atoms with E-state index in [0.717, 1.165) is 0 Å². The molecule has 0 rings (SSSR count). The van der Waals surface area contributed by atoms with Gasteiger partial charge in [0.1, 0.15) is 0 Å². The third-order valence-electron chi connectivity index (χ3n) is 0.221. The molecule has 0 aliphatic rings. The summed E-state index contributed by atoms with van der Waals surface area (Å²) in [5, 5.41) is 22.7. The third kappa shape index (κ3) is 6.27. The minimum Gasteiger partial charge on any atom is -0.477 e. The van der Waals surface area contributed by atoms with E-state index in [-0.39, 0.29) is 26.2 Å². The van der Waals surface area contributed by atoms with Crippen molar-refractivity contribution < 1.29 is 46.3 Å². The van der Waals surface area contributed by atoms with Crippen molar-refractivity contribution in [1.29, 1.82) is 0 Å². The summed E-state index contributed by atoms with van der Waals surface area (Å²) < 4.78 is 0. The fourth-order valence-electron chi connectivity index (χ4n) is 0. The molecule has 0 radical (unpaired) electrons. The first kappa shape index (κ1) is 10.3. The Labute approximate surface area is 58.9 Å². The van der Waals surface area contributed by atoms with Crippen LogP contribution in [0, 0.1) is 0 Å². The Hall–Kier alpha value is 0.273. The Morgan fingerprint density at radius 2 is 1.57 bits per heavy atom. The number of carboxylic acid groups (broad SMARTS) is 1. The van der Waals surface area contributed by atoms with Gasteiger partial charge in [-0.3, -0.25) is 0 Å². The Balaban J connectivity index is 0. The molecule has 4 nitrogen and oxygen atoms in total. The van der Waals surface area contributed by atoms with Crippen molar-refractivity contribution in [2.75, 3.05) is 0 Å². The van der Waals surface area contributed by atoms with Crippen LogP contribution in [0.1, 0.15) is 0 Å². The molecule has 40 valence electrons. The van der Waals surface area contributed by atoms with Crippen molar-refractivity contribution >= 4 is 5.97 Å². The Bertz CT molecular complexity index is 60.7. The number of hydrogen-bond acceptors (Lipinski definition) is 3. The van der Waals surface area contributed by atoms with E-state index < -0.39 is 12.3 Å². The standard InChI is InChI=1S/C2H4O4.Zr/c3-1(4)2(5)6;/h1,3-4H,(H,5,6);. The number of aliphatic hydroxyl groups excluding tert-OH is 1. The van der Waals surface area contributed by atoms with Crippen molar-refractivity contribution in [2.24, 2.45) is 0 Å². The molecule has 0 spiro atoms. The van der Waals surface area contributed by atoms with E-state index in [1.54, 1.807) is 0 Å². The molecule has 0 aromatic heterocycles. The molecular weight excluding hydrogens is 179 g/mol. The monoisotopic (exact) mass is 182 g/mol. The summed E-state index contributed by atoms with van der Waals surface area (Å²) in [6.07, 6.45) is -2.23. The van der Waals surface area contributed by atoms with Gasteiger partial charge in [0, 0.05) is 26.2 Å². The van der Waals surface area contributed by atoms with Gasteiger partial charge in [0.15, 0.2) is 0 Å². The zero-order valence-electron chi connectivity index (χ0n) is 3.33. The maximum Gasteiger partial charge on any atom is 0.360 e. The number of carboxylic acids is 1. The van der Waals surface area contributed by atoms with Crippen molar-refractivity contribution in [3.63, 3.8) is 0 Å². The molecule has 0 atom stereocenters. The molecule has 0 aromatic rings. The van der Waals surface area contributed by atoms with E-state index in [1.807, 2.05) is 0 Å². The van der Waals surface area contributed by atoms with Gasteiger partial charge in [-0.2, -0.15) is 0 Å². The van der Waals surface area contributed by atoms with E-state index in [1.165, 1.54) is 0 Å². The summed E-state index contributed by atoms with van der Waals surface area (Å²) in [5.41, 5.74) is 0.